The molecule has 0 fully saturated rings. The van der Waals surface area contributed by atoms with Crippen LogP contribution in [-0.4, -0.2) is 0 Å². The molecule has 2 atom stereocenters. The van der Waals surface area contributed by atoms with Gasteiger partial charge in [0.15, 0.2) is 0 Å². The van der Waals surface area contributed by atoms with Crippen LogP contribution in [0.25, 0.3) is 22.3 Å². The van der Waals surface area contributed by atoms with Crippen LogP contribution in [0.3, 0.4) is 0 Å². The standard InChI is InChI=1S/C26H16Br2/c27-15-9-11-19-17-5-1-3-7-21(17)25(23(19)13-15)26-22-8-4-2-6-18(22)20-12-10-16(28)14-24(20)26/h1-14,25-26H. The monoisotopic (exact) mass is 486 g/mol. The highest BCUT2D eigenvalue weighted by Gasteiger charge is 2.40. The Bertz CT molecular complexity index is 1160. The van der Waals surface area contributed by atoms with E-state index in [1.54, 1.807) is 0 Å². The molecule has 2 aliphatic carbocycles. The van der Waals surface area contributed by atoms with Crippen molar-refractivity contribution in [1.29, 1.82) is 0 Å². The molecule has 0 heterocycles. The fraction of sp³-hybridized carbons (Fsp3) is 0.0769. The molecule has 0 spiro atoms. The van der Waals surface area contributed by atoms with E-state index < -0.39 is 0 Å². The lowest BCUT2D eigenvalue weighted by Crippen LogP contribution is -2.10. The van der Waals surface area contributed by atoms with Crippen LogP contribution in [0.2, 0.25) is 0 Å². The Morgan fingerprint density at radius 3 is 1.29 bits per heavy atom. The summed E-state index contributed by atoms with van der Waals surface area (Å²) in [5.74, 6) is 0.640. The topological polar surface area (TPSA) is 0 Å². The lowest BCUT2D eigenvalue weighted by molar-refractivity contribution is 0.723. The average molecular weight is 488 g/mol. The maximum atomic E-state index is 3.71. The van der Waals surface area contributed by atoms with E-state index >= 15 is 0 Å². The van der Waals surface area contributed by atoms with Crippen LogP contribution < -0.4 is 0 Å². The molecule has 0 aliphatic heterocycles. The first-order valence-electron chi connectivity index (χ1n) is 9.50. The first-order chi connectivity index (χ1) is 13.7. The number of halogens is 2. The minimum absolute atomic E-state index is 0.320. The van der Waals surface area contributed by atoms with Crippen LogP contribution in [0.4, 0.5) is 0 Å². The van der Waals surface area contributed by atoms with Crippen molar-refractivity contribution in [2.75, 3.05) is 0 Å². The van der Waals surface area contributed by atoms with E-state index in [9.17, 15) is 0 Å². The molecule has 0 N–H and O–H groups in total. The van der Waals surface area contributed by atoms with Crippen LogP contribution >= 0.6 is 31.9 Å². The number of hydrogen-bond donors (Lipinski definition) is 0. The zero-order chi connectivity index (χ0) is 18.8. The Morgan fingerprint density at radius 1 is 0.429 bits per heavy atom. The molecule has 0 nitrogen and oxygen atoms in total. The quantitative estimate of drug-likeness (QED) is 0.254. The van der Waals surface area contributed by atoms with E-state index in [0.29, 0.717) is 11.8 Å². The zero-order valence-electron chi connectivity index (χ0n) is 15.0. The highest BCUT2D eigenvalue weighted by molar-refractivity contribution is 9.10. The third-order valence-electron chi connectivity index (χ3n) is 6.20. The summed E-state index contributed by atoms with van der Waals surface area (Å²) in [6.07, 6.45) is 0. The van der Waals surface area contributed by atoms with Crippen LogP contribution in [0.5, 0.6) is 0 Å². The second-order valence-corrected chi connectivity index (χ2v) is 9.42. The maximum Gasteiger partial charge on any atom is 0.0212 e. The molecular weight excluding hydrogens is 472 g/mol. The number of fused-ring (bicyclic) bond motifs is 6. The average Bonchev–Trinajstić information content (AvgIpc) is 3.19. The summed E-state index contributed by atoms with van der Waals surface area (Å²) in [6.45, 7) is 0. The lowest BCUT2D eigenvalue weighted by atomic mass is 9.78. The molecule has 0 bridgehead atoms. The van der Waals surface area contributed by atoms with Crippen molar-refractivity contribution >= 4 is 31.9 Å². The molecule has 0 aromatic heterocycles. The van der Waals surface area contributed by atoms with Gasteiger partial charge in [0.05, 0.1) is 0 Å². The fourth-order valence-electron chi connectivity index (χ4n) is 5.15. The molecule has 28 heavy (non-hydrogen) atoms. The first kappa shape index (κ1) is 16.8. The molecule has 0 saturated carbocycles. The summed E-state index contributed by atoms with van der Waals surface area (Å²) in [7, 11) is 0. The predicted octanol–water partition coefficient (Wildman–Crippen LogP) is 8.14. The van der Waals surface area contributed by atoms with Gasteiger partial charge in [-0.1, -0.05) is 92.5 Å². The summed E-state index contributed by atoms with van der Waals surface area (Å²) in [5, 5.41) is 0. The van der Waals surface area contributed by atoms with E-state index in [1.165, 1.54) is 44.5 Å². The summed E-state index contributed by atoms with van der Waals surface area (Å²) < 4.78 is 2.29. The summed E-state index contributed by atoms with van der Waals surface area (Å²) >= 11 is 7.43. The highest BCUT2D eigenvalue weighted by Crippen LogP contribution is 2.58. The van der Waals surface area contributed by atoms with E-state index in [4.69, 9.17) is 0 Å². The van der Waals surface area contributed by atoms with Gasteiger partial charge in [-0.25, -0.2) is 0 Å². The largest absolute Gasteiger partial charge is 0.0619 e. The predicted molar refractivity (Wildman–Crippen MR) is 123 cm³/mol. The number of hydrogen-bond acceptors (Lipinski definition) is 0. The second-order valence-electron chi connectivity index (χ2n) is 7.59. The Hall–Kier alpha value is -2.16. The minimum Gasteiger partial charge on any atom is -0.0619 e. The Labute approximate surface area is 181 Å². The number of rotatable bonds is 1. The van der Waals surface area contributed by atoms with Crippen molar-refractivity contribution < 1.29 is 0 Å². The summed E-state index contributed by atoms with van der Waals surface area (Å²) in [6, 6.07) is 31.3. The van der Waals surface area contributed by atoms with Crippen LogP contribution in [0, 0.1) is 0 Å². The molecule has 4 aromatic carbocycles. The number of benzene rings is 4. The molecule has 4 aromatic rings. The molecule has 2 heteroatoms. The first-order valence-corrected chi connectivity index (χ1v) is 11.1. The van der Waals surface area contributed by atoms with E-state index in [1.807, 2.05) is 0 Å². The Kier molecular flexibility index (Phi) is 3.69. The molecule has 134 valence electrons. The van der Waals surface area contributed by atoms with Gasteiger partial charge >= 0.3 is 0 Å². The van der Waals surface area contributed by atoms with Crippen molar-refractivity contribution in [1.82, 2.24) is 0 Å². The molecular formula is C26H16Br2. The van der Waals surface area contributed by atoms with Gasteiger partial charge in [0.2, 0.25) is 0 Å². The summed E-state index contributed by atoms with van der Waals surface area (Å²) in [4.78, 5) is 0. The molecule has 0 saturated heterocycles. The van der Waals surface area contributed by atoms with Crippen molar-refractivity contribution in [3.8, 4) is 22.3 Å². The van der Waals surface area contributed by atoms with Gasteiger partial charge in [-0.05, 0) is 68.8 Å². The van der Waals surface area contributed by atoms with Crippen molar-refractivity contribution in [2.45, 2.75) is 11.8 Å². The maximum absolute atomic E-state index is 3.71. The minimum atomic E-state index is 0.320. The van der Waals surface area contributed by atoms with Gasteiger partial charge in [-0.15, -0.1) is 0 Å². The molecule has 2 unspecified atom stereocenters. The van der Waals surface area contributed by atoms with Gasteiger partial charge in [-0.2, -0.15) is 0 Å². The molecule has 2 aliphatic rings. The normalized spacial score (nSPS) is 18.4. The third kappa shape index (κ3) is 2.28. The lowest BCUT2D eigenvalue weighted by Gasteiger charge is -2.24. The van der Waals surface area contributed by atoms with Crippen LogP contribution in [0.1, 0.15) is 34.1 Å². The van der Waals surface area contributed by atoms with E-state index in [-0.39, 0.29) is 0 Å². The van der Waals surface area contributed by atoms with Gasteiger partial charge in [0.25, 0.3) is 0 Å². The van der Waals surface area contributed by atoms with Crippen LogP contribution in [0.15, 0.2) is 93.9 Å². The van der Waals surface area contributed by atoms with Crippen molar-refractivity contribution in [2.24, 2.45) is 0 Å². The van der Waals surface area contributed by atoms with Gasteiger partial charge < -0.3 is 0 Å². The highest BCUT2D eigenvalue weighted by atomic mass is 79.9. The molecule has 6 rings (SSSR count). The molecule has 0 radical (unpaired) electrons. The van der Waals surface area contributed by atoms with Crippen LogP contribution in [-0.2, 0) is 0 Å². The van der Waals surface area contributed by atoms with E-state index in [2.05, 4.69) is 117 Å². The Balaban J connectivity index is 1.68. The van der Waals surface area contributed by atoms with Crippen molar-refractivity contribution in [3.05, 3.63) is 116 Å². The third-order valence-corrected chi connectivity index (χ3v) is 7.19. The van der Waals surface area contributed by atoms with Gasteiger partial charge in [0, 0.05) is 20.8 Å². The smallest absolute Gasteiger partial charge is 0.0212 e. The second kappa shape index (κ2) is 6.17. The van der Waals surface area contributed by atoms with Crippen molar-refractivity contribution in [3.63, 3.8) is 0 Å². The van der Waals surface area contributed by atoms with Gasteiger partial charge in [-0.3, -0.25) is 0 Å². The SMILES string of the molecule is Brc1ccc2c(c1)C(C1c3ccccc3-c3ccc(Br)cc31)c1ccccc1-2. The van der Waals surface area contributed by atoms with E-state index in [0.717, 1.165) is 8.95 Å². The Morgan fingerprint density at radius 2 is 0.821 bits per heavy atom. The summed E-state index contributed by atoms with van der Waals surface area (Å²) in [5.41, 5.74) is 11.2. The fourth-order valence-corrected chi connectivity index (χ4v) is 5.91. The zero-order valence-corrected chi connectivity index (χ0v) is 18.2. The van der Waals surface area contributed by atoms with Gasteiger partial charge in [0.1, 0.15) is 0 Å². The molecule has 0 amide bonds.